The predicted molar refractivity (Wildman–Crippen MR) is 109 cm³/mol. The zero-order valence-corrected chi connectivity index (χ0v) is 16.9. The van der Waals surface area contributed by atoms with E-state index in [0.717, 1.165) is 0 Å². The lowest BCUT2D eigenvalue weighted by Gasteiger charge is -2.24. The molecule has 1 amide bonds. The van der Waals surface area contributed by atoms with Gasteiger partial charge in [0.25, 0.3) is 5.69 Å². The maximum absolute atomic E-state index is 12.6. The number of rotatable bonds is 3. The van der Waals surface area contributed by atoms with Gasteiger partial charge in [-0.2, -0.15) is 10.5 Å². The van der Waals surface area contributed by atoms with Gasteiger partial charge in [-0.1, -0.05) is 18.3 Å². The molecule has 0 spiro atoms. The van der Waals surface area contributed by atoms with Crippen LogP contribution in [0, 0.1) is 32.8 Å². The number of thioether (sulfide) groups is 1. The Morgan fingerprint density at radius 3 is 2.38 bits per heavy atom. The third-order valence-corrected chi connectivity index (χ3v) is 4.58. The average molecular weight is 410 g/mol. The van der Waals surface area contributed by atoms with Crippen LogP contribution in [0.2, 0.25) is 0 Å². The molecule has 0 N–H and O–H groups in total. The average Bonchev–Trinajstić information content (AvgIpc) is 3.01. The summed E-state index contributed by atoms with van der Waals surface area (Å²) in [7, 11) is 0. The molecule has 0 saturated carbocycles. The van der Waals surface area contributed by atoms with E-state index in [4.69, 9.17) is 4.74 Å². The highest BCUT2D eigenvalue weighted by molar-refractivity contribution is 8.07. The molecule has 9 heteroatoms. The highest BCUT2D eigenvalue weighted by atomic mass is 32.2. The number of nitrogens with zero attached hydrogens (tertiary/aromatic N) is 4. The summed E-state index contributed by atoms with van der Waals surface area (Å²) in [5.41, 5.74) is -0.318. The van der Waals surface area contributed by atoms with E-state index in [2.05, 4.69) is 6.58 Å². The second-order valence-electron chi connectivity index (χ2n) is 7.01. The number of benzene rings is 1. The fourth-order valence-corrected chi connectivity index (χ4v) is 3.32. The van der Waals surface area contributed by atoms with Crippen molar-refractivity contribution >= 4 is 29.1 Å². The van der Waals surface area contributed by atoms with Crippen LogP contribution in [0.4, 0.5) is 10.5 Å². The first-order chi connectivity index (χ1) is 13.6. The highest BCUT2D eigenvalue weighted by Crippen LogP contribution is 2.39. The molecular weight excluding hydrogens is 392 g/mol. The van der Waals surface area contributed by atoms with Crippen LogP contribution in [0.5, 0.6) is 0 Å². The Hall–Kier alpha value is -3.56. The first-order valence-electron chi connectivity index (χ1n) is 8.43. The molecule has 0 bridgehead atoms. The number of nitriles is 2. The van der Waals surface area contributed by atoms with Gasteiger partial charge in [0.2, 0.25) is 0 Å². The zero-order chi connectivity index (χ0) is 21.8. The summed E-state index contributed by atoms with van der Waals surface area (Å²) in [6.45, 7) is 9.35. The van der Waals surface area contributed by atoms with Crippen molar-refractivity contribution in [2.24, 2.45) is 0 Å². The zero-order valence-electron chi connectivity index (χ0n) is 16.1. The second-order valence-corrected chi connectivity index (χ2v) is 8.21. The van der Waals surface area contributed by atoms with E-state index in [1.165, 1.54) is 47.0 Å². The van der Waals surface area contributed by atoms with Gasteiger partial charge in [0.15, 0.2) is 0 Å². The molecule has 148 valence electrons. The molecule has 1 aliphatic rings. The van der Waals surface area contributed by atoms with Gasteiger partial charge < -0.3 is 4.74 Å². The van der Waals surface area contributed by atoms with Crippen molar-refractivity contribution in [2.75, 3.05) is 6.54 Å². The van der Waals surface area contributed by atoms with Gasteiger partial charge in [0.05, 0.1) is 16.5 Å². The van der Waals surface area contributed by atoms with Crippen LogP contribution in [-0.2, 0) is 4.74 Å². The highest BCUT2D eigenvalue weighted by Gasteiger charge is 2.31. The van der Waals surface area contributed by atoms with Crippen LogP contribution in [0.25, 0.3) is 5.57 Å². The van der Waals surface area contributed by atoms with E-state index in [9.17, 15) is 25.4 Å². The molecule has 0 radical (unpaired) electrons. The van der Waals surface area contributed by atoms with Crippen molar-refractivity contribution in [2.45, 2.75) is 26.4 Å². The first kappa shape index (κ1) is 21.7. The molecule has 2 rings (SSSR count). The monoisotopic (exact) mass is 410 g/mol. The number of non-ortho nitro benzene ring substituents is 1. The van der Waals surface area contributed by atoms with E-state index in [-0.39, 0.29) is 23.4 Å². The van der Waals surface area contributed by atoms with Crippen LogP contribution < -0.4 is 0 Å². The summed E-state index contributed by atoms with van der Waals surface area (Å²) >= 11 is 1.23. The molecular formula is C20H18N4O4S. The van der Waals surface area contributed by atoms with E-state index in [0.29, 0.717) is 15.5 Å². The van der Waals surface area contributed by atoms with Crippen molar-refractivity contribution in [3.8, 4) is 12.1 Å². The van der Waals surface area contributed by atoms with Crippen molar-refractivity contribution in [3.05, 3.63) is 68.1 Å². The normalized spacial score (nSPS) is 14.9. The smallest absolute Gasteiger partial charge is 0.415 e. The van der Waals surface area contributed by atoms with Crippen LogP contribution in [0.1, 0.15) is 26.3 Å². The first-order valence-corrected chi connectivity index (χ1v) is 9.24. The molecule has 0 aliphatic carbocycles. The summed E-state index contributed by atoms with van der Waals surface area (Å²) in [6, 6.07) is 9.13. The molecule has 1 aromatic rings. The number of carbonyl (C=O) groups excluding carboxylic acids is 1. The number of allylic oxidation sites excluding steroid dienone is 3. The van der Waals surface area contributed by atoms with Crippen LogP contribution in [-0.4, -0.2) is 28.1 Å². The van der Waals surface area contributed by atoms with Crippen LogP contribution in [0.15, 0.2) is 52.4 Å². The van der Waals surface area contributed by atoms with Gasteiger partial charge in [0, 0.05) is 22.6 Å². The Morgan fingerprint density at radius 2 is 1.90 bits per heavy atom. The molecule has 1 aliphatic heterocycles. The molecule has 1 aromatic carbocycles. The minimum atomic E-state index is -0.696. The number of nitro groups is 1. The molecule has 1 saturated heterocycles. The van der Waals surface area contributed by atoms with Crippen molar-refractivity contribution < 1.29 is 14.5 Å². The Morgan fingerprint density at radius 1 is 1.31 bits per heavy atom. The standard InChI is InChI=1S/C20H18N4O4S/c1-13-12-23(19(25)28-20(2,3)4)18(29-13)9-17(15(10-21)11-22)14-5-7-16(8-6-14)24(26)27/h5-9H,1,12H2,2-4H3/b18-9-. The lowest BCUT2D eigenvalue weighted by molar-refractivity contribution is -0.384. The van der Waals surface area contributed by atoms with Gasteiger partial charge in [0.1, 0.15) is 23.3 Å². The molecule has 1 heterocycles. The third kappa shape index (κ3) is 5.47. The van der Waals surface area contributed by atoms with Gasteiger partial charge in [-0.15, -0.1) is 0 Å². The predicted octanol–water partition coefficient (Wildman–Crippen LogP) is 4.73. The van der Waals surface area contributed by atoms with Crippen molar-refractivity contribution in [1.82, 2.24) is 4.90 Å². The molecule has 0 atom stereocenters. The van der Waals surface area contributed by atoms with E-state index in [1.807, 2.05) is 12.1 Å². The SMILES string of the molecule is C=C1CN(C(=O)OC(C)(C)C)/C(=C/C(=C(C#N)C#N)c2ccc([N+](=O)[O-])cc2)S1. The Balaban J connectivity index is 2.53. The number of carbonyl (C=O) groups is 1. The third-order valence-electron chi connectivity index (χ3n) is 3.61. The molecule has 0 unspecified atom stereocenters. The maximum Gasteiger partial charge on any atom is 0.415 e. The summed E-state index contributed by atoms with van der Waals surface area (Å²) in [6.07, 6.45) is 0.948. The summed E-state index contributed by atoms with van der Waals surface area (Å²) in [5, 5.41) is 30.0. The fraction of sp³-hybridized carbons (Fsp3) is 0.250. The largest absolute Gasteiger partial charge is 0.443 e. The Bertz CT molecular complexity index is 989. The summed E-state index contributed by atoms with van der Waals surface area (Å²) in [5.74, 6) is 0. The Kier molecular flexibility index (Phi) is 6.47. The minimum Gasteiger partial charge on any atom is -0.443 e. The molecule has 0 aromatic heterocycles. The van der Waals surface area contributed by atoms with E-state index < -0.39 is 16.6 Å². The number of nitro benzene ring substituents is 1. The van der Waals surface area contributed by atoms with Crippen LogP contribution >= 0.6 is 11.8 Å². The van der Waals surface area contributed by atoms with Crippen LogP contribution in [0.3, 0.4) is 0 Å². The van der Waals surface area contributed by atoms with Gasteiger partial charge in [-0.3, -0.25) is 15.0 Å². The number of ether oxygens (including phenoxy) is 1. The Labute approximate surface area is 172 Å². The quantitative estimate of drug-likeness (QED) is 0.401. The van der Waals surface area contributed by atoms with Gasteiger partial charge in [-0.25, -0.2) is 4.79 Å². The fourth-order valence-electron chi connectivity index (χ4n) is 2.40. The molecule has 8 nitrogen and oxygen atoms in total. The lowest BCUT2D eigenvalue weighted by Crippen LogP contribution is -2.34. The van der Waals surface area contributed by atoms with Crippen molar-refractivity contribution in [3.63, 3.8) is 0 Å². The maximum atomic E-state index is 12.6. The van der Waals surface area contributed by atoms with Crippen molar-refractivity contribution in [1.29, 1.82) is 10.5 Å². The minimum absolute atomic E-state index is 0.116. The second kappa shape index (κ2) is 8.63. The number of hydrogen-bond acceptors (Lipinski definition) is 7. The summed E-state index contributed by atoms with van der Waals surface area (Å²) < 4.78 is 5.41. The van der Waals surface area contributed by atoms with E-state index >= 15 is 0 Å². The van der Waals surface area contributed by atoms with E-state index in [1.54, 1.807) is 20.8 Å². The topological polar surface area (TPSA) is 120 Å². The molecule has 29 heavy (non-hydrogen) atoms. The molecule has 1 fully saturated rings. The van der Waals surface area contributed by atoms with Gasteiger partial charge in [-0.05, 0) is 44.5 Å². The summed E-state index contributed by atoms with van der Waals surface area (Å²) in [4.78, 5) is 25.0. The lowest BCUT2D eigenvalue weighted by atomic mass is 10.0. The number of amides is 1. The van der Waals surface area contributed by atoms with Gasteiger partial charge >= 0.3 is 6.09 Å². The number of hydrogen-bond donors (Lipinski definition) is 0.